The number of nitrogens with two attached hydrogens (primary N) is 1. The first-order valence-corrected chi connectivity index (χ1v) is 14.6. The van der Waals surface area contributed by atoms with Crippen molar-refractivity contribution in [3.63, 3.8) is 0 Å². The summed E-state index contributed by atoms with van der Waals surface area (Å²) in [6, 6.07) is 18.6. The minimum Gasteiger partial charge on any atom is -0.489 e. The van der Waals surface area contributed by atoms with Crippen LogP contribution in [0.25, 0.3) is 21.8 Å². The van der Waals surface area contributed by atoms with Crippen molar-refractivity contribution in [1.29, 1.82) is 0 Å². The van der Waals surface area contributed by atoms with Crippen LogP contribution in [0.2, 0.25) is 0 Å². The van der Waals surface area contributed by atoms with E-state index < -0.39 is 18.1 Å². The number of aromatic nitrogens is 2. The van der Waals surface area contributed by atoms with Gasteiger partial charge in [-0.2, -0.15) is 0 Å². The summed E-state index contributed by atoms with van der Waals surface area (Å²) in [6.07, 6.45) is 2.76. The van der Waals surface area contributed by atoms with Crippen molar-refractivity contribution < 1.29 is 24.5 Å². The van der Waals surface area contributed by atoms with Crippen molar-refractivity contribution in [2.75, 3.05) is 13.2 Å². The van der Waals surface area contributed by atoms with E-state index in [4.69, 9.17) is 10.5 Å². The van der Waals surface area contributed by atoms with Gasteiger partial charge in [-0.1, -0.05) is 52.3 Å². The molecular weight excluding hydrogens is 600 g/mol. The van der Waals surface area contributed by atoms with Gasteiger partial charge in [0.25, 0.3) is 11.8 Å². The molecule has 1 aliphatic rings. The molecule has 2 amide bonds. The summed E-state index contributed by atoms with van der Waals surface area (Å²) in [6.45, 7) is -0.416. The third-order valence-electron chi connectivity index (χ3n) is 8.05. The van der Waals surface area contributed by atoms with E-state index in [-0.39, 0.29) is 25.0 Å². The lowest BCUT2D eigenvalue weighted by Crippen LogP contribution is -2.39. The second kappa shape index (κ2) is 11.6. The molecule has 3 heterocycles. The summed E-state index contributed by atoms with van der Waals surface area (Å²) >= 11 is 3.52. The Hall–Kier alpha value is -4.12. The number of H-pyrrole nitrogens is 2. The molecule has 0 aliphatic carbocycles. The number of rotatable bonds is 10. The molecule has 0 saturated carbocycles. The lowest BCUT2D eigenvalue weighted by molar-refractivity contribution is 0.0886. The first-order chi connectivity index (χ1) is 20.4. The van der Waals surface area contributed by atoms with Gasteiger partial charge in [-0.25, -0.2) is 0 Å². The Morgan fingerprint density at radius 3 is 2.50 bits per heavy atom. The third kappa shape index (κ3) is 5.29. The summed E-state index contributed by atoms with van der Waals surface area (Å²) in [4.78, 5) is 32.1. The third-order valence-corrected chi connectivity index (χ3v) is 8.51. The second-order valence-electron chi connectivity index (χ2n) is 10.8. The summed E-state index contributed by atoms with van der Waals surface area (Å²) in [5.74, 6) is -0.837. The number of primary amides is 1. The smallest absolute Gasteiger partial charge is 0.265 e. The lowest BCUT2D eigenvalue weighted by Gasteiger charge is -2.22. The fourth-order valence-electron chi connectivity index (χ4n) is 5.97. The molecule has 1 unspecified atom stereocenters. The standard InChI is InChI=1S/C32H31BrN4O5/c33-20-9-17-12-28(19(15-38)11-24-23-6-2-4-8-27(23)37-29(24)31(34)40)42-30(17)25(13-20)32(41)36-21(16-39)10-18-14-35-26-7-3-1-5-22(18)26/h1-9,13-14,19,21,28,35,37-39H,10-12,15-16H2,(H2,34,40)(H,36,41)/t19-,21-,28?/m1/s1. The first kappa shape index (κ1) is 28.0. The Morgan fingerprint density at radius 1 is 1.02 bits per heavy atom. The molecule has 0 saturated heterocycles. The van der Waals surface area contributed by atoms with Crippen molar-refractivity contribution in [3.05, 3.63) is 99.3 Å². The molecule has 9 nitrogen and oxygen atoms in total. The molecule has 0 bridgehead atoms. The quantitative estimate of drug-likeness (QED) is 0.138. The maximum absolute atomic E-state index is 13.6. The molecular formula is C32H31BrN4O5. The Morgan fingerprint density at radius 2 is 1.76 bits per heavy atom. The van der Waals surface area contributed by atoms with Crippen molar-refractivity contribution in [3.8, 4) is 5.75 Å². The number of carbonyl (C=O) groups is 2. The number of halogens is 1. The van der Waals surface area contributed by atoms with Gasteiger partial charge < -0.3 is 36.0 Å². The topological polar surface area (TPSA) is 153 Å². The molecule has 2 aromatic heterocycles. The molecule has 0 spiro atoms. The maximum atomic E-state index is 13.6. The molecule has 6 rings (SSSR count). The van der Waals surface area contributed by atoms with Crippen LogP contribution < -0.4 is 15.8 Å². The number of aliphatic hydroxyl groups excluding tert-OH is 2. The van der Waals surface area contributed by atoms with Gasteiger partial charge in [0.2, 0.25) is 0 Å². The number of para-hydroxylation sites is 2. The predicted octanol–water partition coefficient (Wildman–Crippen LogP) is 4.00. The molecule has 7 N–H and O–H groups in total. The molecule has 0 radical (unpaired) electrons. The van der Waals surface area contributed by atoms with Gasteiger partial charge in [0.1, 0.15) is 17.5 Å². The number of aromatic amines is 2. The van der Waals surface area contributed by atoms with Gasteiger partial charge in [-0.05, 0) is 53.8 Å². The number of ether oxygens (including phenoxy) is 1. The Balaban J connectivity index is 1.22. The molecule has 216 valence electrons. The zero-order valence-corrected chi connectivity index (χ0v) is 24.3. The van der Waals surface area contributed by atoms with Gasteiger partial charge >= 0.3 is 0 Å². The highest BCUT2D eigenvalue weighted by molar-refractivity contribution is 9.10. The van der Waals surface area contributed by atoms with E-state index in [2.05, 4.69) is 31.2 Å². The minimum atomic E-state index is -0.567. The highest BCUT2D eigenvalue weighted by Crippen LogP contribution is 2.39. The van der Waals surface area contributed by atoms with Gasteiger partial charge in [0, 0.05) is 51.4 Å². The van der Waals surface area contributed by atoms with E-state index in [9.17, 15) is 19.8 Å². The highest BCUT2D eigenvalue weighted by atomic mass is 79.9. The van der Waals surface area contributed by atoms with Crippen LogP contribution in [0.15, 0.2) is 71.3 Å². The van der Waals surface area contributed by atoms with Crippen molar-refractivity contribution in [2.45, 2.75) is 31.4 Å². The van der Waals surface area contributed by atoms with Gasteiger partial charge in [-0.15, -0.1) is 0 Å². The zero-order valence-electron chi connectivity index (χ0n) is 22.7. The van der Waals surface area contributed by atoms with E-state index in [0.29, 0.717) is 36.3 Å². The van der Waals surface area contributed by atoms with E-state index in [1.807, 2.05) is 60.8 Å². The summed E-state index contributed by atoms with van der Waals surface area (Å²) in [7, 11) is 0. The van der Waals surface area contributed by atoms with E-state index in [1.165, 1.54) is 0 Å². The monoisotopic (exact) mass is 630 g/mol. The Kier molecular flexibility index (Phi) is 7.76. The summed E-state index contributed by atoms with van der Waals surface area (Å²) in [5, 5.41) is 25.4. The molecule has 10 heteroatoms. The Labute approximate surface area is 250 Å². The number of hydrogen-bond donors (Lipinski definition) is 6. The van der Waals surface area contributed by atoms with E-state index >= 15 is 0 Å². The number of carbonyl (C=O) groups excluding carboxylic acids is 2. The molecule has 42 heavy (non-hydrogen) atoms. The molecule has 5 aromatic rings. The molecule has 0 fully saturated rings. The van der Waals surface area contributed by atoms with E-state index in [1.54, 1.807) is 6.07 Å². The average Bonchev–Trinajstić information content (AvgIpc) is 3.70. The number of hydrogen-bond acceptors (Lipinski definition) is 5. The van der Waals surface area contributed by atoms with Crippen LogP contribution in [-0.4, -0.2) is 57.4 Å². The van der Waals surface area contributed by atoms with Gasteiger partial charge in [-0.3, -0.25) is 9.59 Å². The van der Waals surface area contributed by atoms with Crippen LogP contribution in [0.1, 0.15) is 37.5 Å². The largest absolute Gasteiger partial charge is 0.489 e. The molecule has 1 aliphatic heterocycles. The van der Waals surface area contributed by atoms with E-state index in [0.717, 1.165) is 43.0 Å². The number of nitrogens with one attached hydrogen (secondary N) is 3. The maximum Gasteiger partial charge on any atom is 0.265 e. The Bertz CT molecular complexity index is 1790. The number of benzene rings is 3. The SMILES string of the molecule is NC(=O)c1[nH]c2ccccc2c1C[C@H](CO)C1Cc2cc(Br)cc(C(=O)N[C@@H](CO)Cc3c[nH]c4ccccc34)c2O1. The van der Waals surface area contributed by atoms with Crippen LogP contribution in [0, 0.1) is 5.92 Å². The highest BCUT2D eigenvalue weighted by Gasteiger charge is 2.35. The van der Waals surface area contributed by atoms with Crippen molar-refractivity contribution in [2.24, 2.45) is 11.7 Å². The normalized spacial score (nSPS) is 15.8. The average molecular weight is 632 g/mol. The van der Waals surface area contributed by atoms with Gasteiger partial charge in [0.15, 0.2) is 0 Å². The predicted molar refractivity (Wildman–Crippen MR) is 164 cm³/mol. The lowest BCUT2D eigenvalue weighted by atomic mass is 9.90. The second-order valence-corrected chi connectivity index (χ2v) is 11.7. The van der Waals surface area contributed by atoms with Crippen molar-refractivity contribution >= 4 is 49.6 Å². The zero-order chi connectivity index (χ0) is 29.4. The fraction of sp³-hybridized carbons (Fsp3) is 0.250. The summed E-state index contributed by atoms with van der Waals surface area (Å²) in [5.41, 5.74) is 10.7. The number of aliphatic hydroxyl groups is 2. The minimum absolute atomic E-state index is 0.184. The first-order valence-electron chi connectivity index (χ1n) is 13.8. The summed E-state index contributed by atoms with van der Waals surface area (Å²) < 4.78 is 7.09. The molecule has 3 aromatic carbocycles. The fourth-order valence-corrected chi connectivity index (χ4v) is 6.48. The van der Waals surface area contributed by atoms with Crippen LogP contribution in [0.3, 0.4) is 0 Å². The van der Waals surface area contributed by atoms with Crippen molar-refractivity contribution in [1.82, 2.24) is 15.3 Å². The molecule has 3 atom stereocenters. The van der Waals surface area contributed by atoms with Crippen LogP contribution in [0.5, 0.6) is 5.75 Å². The number of amides is 2. The van der Waals surface area contributed by atoms with Crippen LogP contribution in [-0.2, 0) is 19.3 Å². The van der Waals surface area contributed by atoms with Crippen LogP contribution in [0.4, 0.5) is 0 Å². The van der Waals surface area contributed by atoms with Gasteiger partial charge in [0.05, 0.1) is 18.2 Å². The van der Waals surface area contributed by atoms with Crippen LogP contribution >= 0.6 is 15.9 Å². The number of fused-ring (bicyclic) bond motifs is 3.